The summed E-state index contributed by atoms with van der Waals surface area (Å²) in [5.41, 5.74) is 0. The summed E-state index contributed by atoms with van der Waals surface area (Å²) in [6, 6.07) is 0. The Hall–Kier alpha value is 1.16. The second kappa shape index (κ2) is 34.4. The zero-order chi connectivity index (χ0) is 27.1. The normalized spacial score (nSPS) is 11.7. The predicted octanol–water partition coefficient (Wildman–Crippen LogP) is 11.0. The highest BCUT2D eigenvalue weighted by Crippen LogP contribution is 2.61. The zero-order valence-corrected chi connectivity index (χ0v) is 30.5. The van der Waals surface area contributed by atoms with E-state index in [1.165, 1.54) is 154 Å². The summed E-state index contributed by atoms with van der Waals surface area (Å²) < 4.78 is 0. The highest BCUT2D eigenvalue weighted by atomic mass is 127. The van der Waals surface area contributed by atoms with Crippen LogP contribution in [0.3, 0.4) is 0 Å². The van der Waals surface area contributed by atoms with Crippen molar-refractivity contribution in [3.63, 3.8) is 0 Å². The molecule has 0 aromatic rings. The van der Waals surface area contributed by atoms with Crippen molar-refractivity contribution in [1.82, 2.24) is 0 Å². The Bertz CT molecular complexity index is 372. The molecule has 0 rings (SSSR count). The number of hydrogen-bond donors (Lipinski definition) is 0. The van der Waals surface area contributed by atoms with Crippen molar-refractivity contribution in [3.05, 3.63) is 0 Å². The third kappa shape index (κ3) is 28.7. The van der Waals surface area contributed by atoms with E-state index in [1.54, 1.807) is 50.3 Å². The van der Waals surface area contributed by atoms with Gasteiger partial charge in [0.1, 0.15) is 0 Å². The van der Waals surface area contributed by atoms with Gasteiger partial charge in [-0.2, -0.15) is 0 Å². The molecule has 0 nitrogen and oxygen atoms in total. The van der Waals surface area contributed by atoms with Crippen molar-refractivity contribution < 1.29 is 24.0 Å². The standard InChI is InChI=1S/C36H76P.HI/c1-5-9-13-17-19-21-23-25-27-31-35-37(33-29-15-11-7-3,34-30-16-12-8-4)36-32-28-26-24-22-20-18-14-10-6-2;/h5-36H2,1-4H3;1H/q+1;/p-1. The lowest BCUT2D eigenvalue weighted by atomic mass is 10.1. The molecule has 0 saturated carbocycles. The van der Waals surface area contributed by atoms with Crippen molar-refractivity contribution in [2.24, 2.45) is 0 Å². The van der Waals surface area contributed by atoms with Gasteiger partial charge >= 0.3 is 0 Å². The minimum absolute atomic E-state index is 0. The van der Waals surface area contributed by atoms with Crippen LogP contribution in [0.5, 0.6) is 0 Å². The molecule has 0 fully saturated rings. The Morgan fingerprint density at radius 3 is 0.605 bits per heavy atom. The first-order valence-corrected chi connectivity index (χ1v) is 20.6. The van der Waals surface area contributed by atoms with E-state index in [4.69, 9.17) is 0 Å². The summed E-state index contributed by atoms with van der Waals surface area (Å²) in [5, 5.41) is 0. The van der Waals surface area contributed by atoms with E-state index in [1.807, 2.05) is 0 Å². The van der Waals surface area contributed by atoms with Crippen LogP contribution < -0.4 is 24.0 Å². The first-order valence-electron chi connectivity index (χ1n) is 18.1. The van der Waals surface area contributed by atoms with Crippen LogP contribution in [0.1, 0.15) is 207 Å². The Balaban J connectivity index is 0. The first kappa shape index (κ1) is 41.3. The van der Waals surface area contributed by atoms with Gasteiger partial charge in [0.15, 0.2) is 0 Å². The average molecular weight is 667 g/mol. The summed E-state index contributed by atoms with van der Waals surface area (Å²) in [6.45, 7) is 9.40. The fourth-order valence-corrected chi connectivity index (χ4v) is 11.2. The SMILES string of the molecule is CCCCCCCCCCCC[P+](CCCCCC)(CCCCCC)CCCCCCCCCCCC.[I-]. The van der Waals surface area contributed by atoms with Crippen LogP contribution in [0.2, 0.25) is 0 Å². The highest BCUT2D eigenvalue weighted by Gasteiger charge is 2.34. The van der Waals surface area contributed by atoms with E-state index >= 15 is 0 Å². The van der Waals surface area contributed by atoms with Gasteiger partial charge in [-0.15, -0.1) is 0 Å². The second-order valence-electron chi connectivity index (χ2n) is 12.7. The molecule has 0 N–H and O–H groups in total. The molecule has 0 heterocycles. The molecule has 0 aliphatic rings. The molecule has 0 bridgehead atoms. The van der Waals surface area contributed by atoms with Crippen molar-refractivity contribution in [2.45, 2.75) is 207 Å². The first-order chi connectivity index (χ1) is 18.2. The van der Waals surface area contributed by atoms with Crippen molar-refractivity contribution in [2.75, 3.05) is 24.6 Å². The maximum atomic E-state index is 2.38. The molecule has 0 aliphatic heterocycles. The molecule has 0 aromatic carbocycles. The Morgan fingerprint density at radius 1 is 0.237 bits per heavy atom. The van der Waals surface area contributed by atoms with Crippen LogP contribution in [0.15, 0.2) is 0 Å². The lowest BCUT2D eigenvalue weighted by Gasteiger charge is -2.28. The summed E-state index contributed by atoms with van der Waals surface area (Å²) in [6.07, 6.45) is 48.1. The molecule has 0 amide bonds. The summed E-state index contributed by atoms with van der Waals surface area (Å²) in [7, 11) is -0.725. The molecular weight excluding hydrogens is 590 g/mol. The fourth-order valence-electron chi connectivity index (χ4n) is 6.29. The third-order valence-electron chi connectivity index (χ3n) is 8.94. The topological polar surface area (TPSA) is 0 Å². The molecule has 0 atom stereocenters. The molecule has 0 spiro atoms. The average Bonchev–Trinajstić information content (AvgIpc) is 2.91. The molecule has 2 heteroatoms. The van der Waals surface area contributed by atoms with Gasteiger partial charge < -0.3 is 24.0 Å². The van der Waals surface area contributed by atoms with Gasteiger partial charge in [-0.05, 0) is 51.4 Å². The number of hydrogen-bond acceptors (Lipinski definition) is 0. The van der Waals surface area contributed by atoms with Gasteiger partial charge in [-0.25, -0.2) is 0 Å². The van der Waals surface area contributed by atoms with Crippen LogP contribution in [0, 0.1) is 0 Å². The fraction of sp³-hybridized carbons (Fsp3) is 1.00. The van der Waals surface area contributed by atoms with Crippen LogP contribution in [-0.2, 0) is 0 Å². The van der Waals surface area contributed by atoms with Gasteiger partial charge in [-0.3, -0.25) is 0 Å². The molecule has 0 unspecified atom stereocenters. The lowest BCUT2D eigenvalue weighted by Crippen LogP contribution is -3.00. The van der Waals surface area contributed by atoms with Gasteiger partial charge in [-0.1, -0.05) is 156 Å². The van der Waals surface area contributed by atoms with E-state index in [0.717, 1.165) is 0 Å². The van der Waals surface area contributed by atoms with E-state index in [2.05, 4.69) is 27.7 Å². The lowest BCUT2D eigenvalue weighted by molar-refractivity contribution is -0.00000843. The van der Waals surface area contributed by atoms with Crippen LogP contribution in [0.4, 0.5) is 0 Å². The minimum atomic E-state index is -0.725. The molecular formula is C36H76IP. The predicted molar refractivity (Wildman–Crippen MR) is 178 cm³/mol. The molecule has 38 heavy (non-hydrogen) atoms. The Kier molecular flexibility index (Phi) is 37.3. The van der Waals surface area contributed by atoms with Gasteiger partial charge in [0.05, 0.1) is 24.6 Å². The van der Waals surface area contributed by atoms with E-state index in [-0.39, 0.29) is 24.0 Å². The Labute approximate surface area is 262 Å². The minimum Gasteiger partial charge on any atom is -1.00 e. The smallest absolute Gasteiger partial charge is 0.0594 e. The monoisotopic (exact) mass is 666 g/mol. The molecule has 0 aliphatic carbocycles. The summed E-state index contributed by atoms with van der Waals surface area (Å²) in [5.74, 6) is 0. The molecule has 0 aromatic heterocycles. The number of rotatable bonds is 32. The zero-order valence-electron chi connectivity index (χ0n) is 27.5. The number of halogens is 1. The summed E-state index contributed by atoms with van der Waals surface area (Å²) in [4.78, 5) is 0. The van der Waals surface area contributed by atoms with Gasteiger partial charge in [0.2, 0.25) is 0 Å². The Morgan fingerprint density at radius 2 is 0.395 bits per heavy atom. The quantitative estimate of drug-likeness (QED) is 0.0381. The maximum absolute atomic E-state index is 2.38. The van der Waals surface area contributed by atoms with E-state index in [9.17, 15) is 0 Å². The van der Waals surface area contributed by atoms with Crippen LogP contribution in [-0.4, -0.2) is 24.6 Å². The van der Waals surface area contributed by atoms with Crippen molar-refractivity contribution in [1.29, 1.82) is 0 Å². The molecule has 0 saturated heterocycles. The van der Waals surface area contributed by atoms with Crippen LogP contribution in [0.25, 0.3) is 0 Å². The molecule has 0 radical (unpaired) electrons. The van der Waals surface area contributed by atoms with E-state index in [0.29, 0.717) is 0 Å². The van der Waals surface area contributed by atoms with Gasteiger partial charge in [0, 0.05) is 7.26 Å². The van der Waals surface area contributed by atoms with Crippen molar-refractivity contribution in [3.8, 4) is 0 Å². The molecule has 232 valence electrons. The van der Waals surface area contributed by atoms with Crippen molar-refractivity contribution >= 4 is 7.26 Å². The van der Waals surface area contributed by atoms with Gasteiger partial charge in [0.25, 0.3) is 0 Å². The third-order valence-corrected chi connectivity index (χ3v) is 14.0. The number of unbranched alkanes of at least 4 members (excludes halogenated alkanes) is 24. The highest BCUT2D eigenvalue weighted by molar-refractivity contribution is 7.75. The van der Waals surface area contributed by atoms with Crippen LogP contribution >= 0.6 is 7.26 Å². The second-order valence-corrected chi connectivity index (χ2v) is 17.2. The maximum Gasteiger partial charge on any atom is 0.0594 e. The largest absolute Gasteiger partial charge is 1.00 e. The summed E-state index contributed by atoms with van der Waals surface area (Å²) >= 11 is 0. The van der Waals surface area contributed by atoms with E-state index < -0.39 is 7.26 Å².